The lowest BCUT2D eigenvalue weighted by molar-refractivity contribution is -0.115. The second kappa shape index (κ2) is 18.6. The van der Waals surface area contributed by atoms with E-state index in [1.165, 1.54) is 22.4 Å². The number of aromatic amines is 1. The number of allylic oxidation sites excluding steroid dienone is 2. The smallest absolute Gasteiger partial charge is 0.288 e. The molecule has 2 aliphatic rings. The molecular weight excluding hydrogens is 743 g/mol. The molecule has 4 heterocycles. The van der Waals surface area contributed by atoms with Crippen LogP contribution in [0.5, 0.6) is 0 Å². The molecule has 1 saturated heterocycles. The van der Waals surface area contributed by atoms with Gasteiger partial charge in [-0.05, 0) is 90.3 Å². The number of aryl methyl sites for hydroxylation is 2. The van der Waals surface area contributed by atoms with Gasteiger partial charge in [-0.2, -0.15) is 5.10 Å². The molecule has 1 unspecified atom stereocenters. The number of hydrogen-bond acceptors (Lipinski definition) is 8. The second-order valence-electron chi connectivity index (χ2n) is 17.2. The number of fused-ring (bicyclic) bond motifs is 1. The van der Waals surface area contributed by atoms with Crippen molar-refractivity contribution < 1.29 is 4.79 Å². The summed E-state index contributed by atoms with van der Waals surface area (Å²) in [6.45, 7) is 24.9. The number of amidine groups is 1. The molecule has 312 valence electrons. The third-order valence-electron chi connectivity index (χ3n) is 12.2. The van der Waals surface area contributed by atoms with E-state index in [1.54, 1.807) is 0 Å². The molecule has 0 saturated carbocycles. The van der Waals surface area contributed by atoms with Gasteiger partial charge in [-0.15, -0.1) is 6.58 Å². The first kappa shape index (κ1) is 42.3. The summed E-state index contributed by atoms with van der Waals surface area (Å²) in [5.41, 5.74) is 14.2. The highest BCUT2D eigenvalue weighted by molar-refractivity contribution is 6.41. The van der Waals surface area contributed by atoms with Gasteiger partial charge in [0.25, 0.3) is 5.91 Å². The van der Waals surface area contributed by atoms with E-state index in [1.807, 2.05) is 25.4 Å². The second-order valence-corrected chi connectivity index (χ2v) is 17.2. The van der Waals surface area contributed by atoms with Crippen LogP contribution in [0.15, 0.2) is 108 Å². The molecule has 1 atom stereocenters. The Labute approximate surface area is 356 Å². The van der Waals surface area contributed by atoms with Gasteiger partial charge in [0.05, 0.1) is 6.54 Å². The van der Waals surface area contributed by atoms with Gasteiger partial charge >= 0.3 is 0 Å². The van der Waals surface area contributed by atoms with E-state index in [9.17, 15) is 4.79 Å². The molecule has 10 nitrogen and oxygen atoms in total. The van der Waals surface area contributed by atoms with Gasteiger partial charge in [-0.3, -0.25) is 19.8 Å². The summed E-state index contributed by atoms with van der Waals surface area (Å²) in [6, 6.07) is 24.4. The highest BCUT2D eigenvalue weighted by atomic mass is 16.2. The van der Waals surface area contributed by atoms with Gasteiger partial charge in [0, 0.05) is 97.5 Å². The van der Waals surface area contributed by atoms with Gasteiger partial charge in [0.15, 0.2) is 5.65 Å². The molecule has 1 fully saturated rings. The largest absolute Gasteiger partial charge is 0.391 e. The zero-order chi connectivity index (χ0) is 42.4. The number of hydrogen-bond donors (Lipinski definition) is 3. The maximum absolute atomic E-state index is 12.8. The number of aliphatic imine (C=N–C) groups is 2. The van der Waals surface area contributed by atoms with Gasteiger partial charge in [-0.25, -0.2) is 9.98 Å². The zero-order valence-corrected chi connectivity index (χ0v) is 36.4. The third kappa shape index (κ3) is 9.60. The number of aromatic nitrogens is 3. The van der Waals surface area contributed by atoms with E-state index < -0.39 is 0 Å². The van der Waals surface area contributed by atoms with Crippen LogP contribution in [0.4, 0.5) is 5.69 Å². The molecule has 60 heavy (non-hydrogen) atoms. The molecule has 10 heteroatoms. The number of pyridine rings is 1. The van der Waals surface area contributed by atoms with Crippen molar-refractivity contribution in [2.45, 2.75) is 72.8 Å². The number of piperazine rings is 1. The molecule has 7 rings (SSSR count). The summed E-state index contributed by atoms with van der Waals surface area (Å²) in [5, 5.41) is 15.0. The Morgan fingerprint density at radius 2 is 1.73 bits per heavy atom. The number of anilines is 1. The third-order valence-corrected chi connectivity index (χ3v) is 12.2. The van der Waals surface area contributed by atoms with Gasteiger partial charge in [0.2, 0.25) is 5.84 Å². The van der Waals surface area contributed by atoms with Crippen molar-refractivity contribution in [3.63, 3.8) is 0 Å². The number of amides is 1. The molecule has 0 aliphatic carbocycles. The number of nitrogens with one attached hydrogen (secondary N) is 3. The van der Waals surface area contributed by atoms with Crippen LogP contribution in [0.2, 0.25) is 0 Å². The van der Waals surface area contributed by atoms with Crippen LogP contribution in [0.3, 0.4) is 0 Å². The Bertz CT molecular complexity index is 2410. The van der Waals surface area contributed by atoms with E-state index >= 15 is 0 Å². The summed E-state index contributed by atoms with van der Waals surface area (Å²) in [6.07, 6.45) is 7.99. The Kier molecular flexibility index (Phi) is 13.1. The van der Waals surface area contributed by atoms with Crippen LogP contribution in [-0.2, 0) is 24.2 Å². The van der Waals surface area contributed by atoms with E-state index in [2.05, 4.69) is 149 Å². The van der Waals surface area contributed by atoms with Crippen molar-refractivity contribution in [2.24, 2.45) is 15.4 Å². The minimum absolute atomic E-state index is 0.110. The Morgan fingerprint density at radius 3 is 2.42 bits per heavy atom. The van der Waals surface area contributed by atoms with Crippen LogP contribution < -0.4 is 15.5 Å². The van der Waals surface area contributed by atoms with E-state index in [0.29, 0.717) is 19.0 Å². The Morgan fingerprint density at radius 1 is 0.967 bits per heavy atom. The van der Waals surface area contributed by atoms with Crippen molar-refractivity contribution in [1.29, 1.82) is 0 Å². The summed E-state index contributed by atoms with van der Waals surface area (Å²) >= 11 is 0. The van der Waals surface area contributed by atoms with Gasteiger partial charge < -0.3 is 15.5 Å². The predicted molar refractivity (Wildman–Crippen MR) is 249 cm³/mol. The lowest BCUT2D eigenvalue weighted by Crippen LogP contribution is -2.47. The Balaban J connectivity index is 0.940. The van der Waals surface area contributed by atoms with E-state index in [0.717, 1.165) is 114 Å². The number of carbonyl (C=O) groups is 1. The first-order valence-electron chi connectivity index (χ1n) is 21.5. The molecular formula is C50H61N9O. The number of rotatable bonds is 16. The molecule has 0 radical (unpaired) electrons. The van der Waals surface area contributed by atoms with Crippen molar-refractivity contribution >= 4 is 34.2 Å². The topological polar surface area (TPSA) is 114 Å². The standard InChI is InChI=1S/C50H61N9O/c1-9-11-12-42(34(4)51-8)43-20-13-35(28-36(43)10-2)21-22-58-23-25-59(26-24-58)41-18-16-37(17-19-41)40-29-44-46(56-57-47(44)52-31-40)38-14-15-39(33(3)27-38)30-54-49(60)48-53-32-45(55-48)50(5,6)7/h9,13-20,27-29,31,42,51H,1,4,10-12,21-26,30,32H2,2-3,5-8H3,(H,54,60)(H,52,56,57). The zero-order valence-electron chi connectivity index (χ0n) is 36.4. The maximum Gasteiger partial charge on any atom is 0.288 e. The lowest BCUT2D eigenvalue weighted by atomic mass is 9.86. The average molecular weight is 804 g/mol. The van der Waals surface area contributed by atoms with E-state index in [-0.39, 0.29) is 17.2 Å². The minimum Gasteiger partial charge on any atom is -0.391 e. The van der Waals surface area contributed by atoms with Crippen molar-refractivity contribution in [1.82, 2.24) is 30.7 Å². The predicted octanol–water partition coefficient (Wildman–Crippen LogP) is 8.83. The summed E-state index contributed by atoms with van der Waals surface area (Å²) in [5.74, 6) is 0.306. The van der Waals surface area contributed by atoms with Crippen LogP contribution in [0.1, 0.15) is 74.3 Å². The maximum atomic E-state index is 12.8. The fraction of sp³-hybridized carbons (Fsp3) is 0.380. The van der Waals surface area contributed by atoms with Crippen LogP contribution in [0.25, 0.3) is 33.4 Å². The van der Waals surface area contributed by atoms with Crippen LogP contribution in [0, 0.1) is 12.3 Å². The highest BCUT2D eigenvalue weighted by Gasteiger charge is 2.26. The summed E-state index contributed by atoms with van der Waals surface area (Å²) < 4.78 is 0. The number of carbonyl (C=O) groups excluding carboxylic acids is 1. The van der Waals surface area contributed by atoms with Crippen molar-refractivity contribution in [3.05, 3.63) is 126 Å². The van der Waals surface area contributed by atoms with Gasteiger partial charge in [-0.1, -0.05) is 82.8 Å². The number of benzene rings is 3. The number of nitrogens with zero attached hydrogens (tertiary/aromatic N) is 6. The first-order valence-corrected chi connectivity index (χ1v) is 21.5. The fourth-order valence-electron chi connectivity index (χ4n) is 8.27. The van der Waals surface area contributed by atoms with Crippen LogP contribution in [-0.4, -0.2) is 83.9 Å². The highest BCUT2D eigenvalue weighted by Crippen LogP contribution is 2.33. The normalized spacial score (nSPS) is 15.1. The number of likely N-dealkylation sites (N-methyl/N-ethyl adjacent to an activating group) is 1. The van der Waals surface area contributed by atoms with Crippen LogP contribution >= 0.6 is 0 Å². The quantitative estimate of drug-likeness (QED) is 0.0860. The SMILES string of the molecule is C=CCCC(C(=C)NC)c1ccc(CCN2CCN(c3ccc(-c4cnc5[nH]nc(-c6ccc(CNC(=O)C7=NCC(C(C)(C)C)=N7)c(C)c6)c5c4)cc3)CC2)cc1CC. The van der Waals surface area contributed by atoms with Crippen molar-refractivity contribution in [2.75, 3.05) is 51.2 Å². The van der Waals surface area contributed by atoms with Crippen molar-refractivity contribution in [3.8, 4) is 22.4 Å². The summed E-state index contributed by atoms with van der Waals surface area (Å²) in [4.78, 5) is 31.5. The molecule has 0 bridgehead atoms. The molecule has 3 aromatic carbocycles. The average Bonchev–Trinajstić information content (AvgIpc) is 3.94. The molecule has 5 aromatic rings. The lowest BCUT2D eigenvalue weighted by Gasteiger charge is -2.36. The minimum atomic E-state index is -0.249. The summed E-state index contributed by atoms with van der Waals surface area (Å²) in [7, 11) is 1.97. The molecule has 1 amide bonds. The fourth-order valence-corrected chi connectivity index (χ4v) is 8.27. The monoisotopic (exact) mass is 803 g/mol. The molecule has 2 aliphatic heterocycles. The first-order chi connectivity index (χ1) is 28.9. The molecule has 3 N–H and O–H groups in total. The Hall–Kier alpha value is -5.87. The van der Waals surface area contributed by atoms with Gasteiger partial charge in [0.1, 0.15) is 5.69 Å². The van der Waals surface area contributed by atoms with E-state index in [4.69, 9.17) is 4.98 Å². The molecule has 0 spiro atoms. The number of H-pyrrole nitrogens is 1. The molecule has 2 aromatic heterocycles.